The molecule has 1 saturated heterocycles. The van der Waals surface area contributed by atoms with E-state index in [-0.39, 0.29) is 5.56 Å². The Morgan fingerprint density at radius 3 is 2.55 bits per heavy atom. The minimum absolute atomic E-state index is 0.0554. The fourth-order valence-corrected chi connectivity index (χ4v) is 3.94. The van der Waals surface area contributed by atoms with E-state index in [0.29, 0.717) is 28.8 Å². The van der Waals surface area contributed by atoms with Crippen LogP contribution >= 0.6 is 11.6 Å². The van der Waals surface area contributed by atoms with Gasteiger partial charge in [0.2, 0.25) is 5.95 Å². The fraction of sp³-hybridized carbons (Fsp3) is 0.292. The number of ether oxygens (including phenoxy) is 1. The number of carbonyl (C=O) groups is 1. The summed E-state index contributed by atoms with van der Waals surface area (Å²) < 4.78 is 5.26. The van der Waals surface area contributed by atoms with Crippen LogP contribution in [0.4, 0.5) is 17.3 Å². The van der Waals surface area contributed by atoms with Gasteiger partial charge in [-0.25, -0.2) is 14.8 Å². The number of halogens is 1. The molecule has 1 fully saturated rings. The highest BCUT2D eigenvalue weighted by Crippen LogP contribution is 2.27. The molecule has 0 bridgehead atoms. The number of aromatic carboxylic acids is 1. The SMILES string of the molecule is COc1cc(Cc2nc(Nc3ccc(N4CCN(C)CC4)cc3)ncc2C(=O)O)ccc1Cl. The molecule has 4 rings (SSSR count). The van der Waals surface area contributed by atoms with Gasteiger partial charge in [0.15, 0.2) is 0 Å². The van der Waals surface area contributed by atoms with Crippen molar-refractivity contribution >= 4 is 34.9 Å². The quantitative estimate of drug-likeness (QED) is 0.540. The van der Waals surface area contributed by atoms with Gasteiger partial charge in [-0.3, -0.25) is 0 Å². The number of nitrogens with zero attached hydrogens (tertiary/aromatic N) is 4. The van der Waals surface area contributed by atoms with E-state index < -0.39 is 5.97 Å². The van der Waals surface area contributed by atoms with Gasteiger partial charge in [0, 0.05) is 50.2 Å². The Kier molecular flexibility index (Phi) is 6.96. The lowest BCUT2D eigenvalue weighted by molar-refractivity contribution is 0.0695. The molecule has 172 valence electrons. The van der Waals surface area contributed by atoms with Gasteiger partial charge in [-0.2, -0.15) is 0 Å². The number of carboxylic acid groups (broad SMARTS) is 1. The smallest absolute Gasteiger partial charge is 0.339 e. The van der Waals surface area contributed by atoms with Crippen LogP contribution in [0.3, 0.4) is 0 Å². The highest BCUT2D eigenvalue weighted by Gasteiger charge is 2.16. The summed E-state index contributed by atoms with van der Waals surface area (Å²) in [5, 5.41) is 13.3. The number of likely N-dealkylation sites (N-methyl/N-ethyl adjacent to an activating group) is 1. The van der Waals surface area contributed by atoms with Crippen molar-refractivity contribution in [3.8, 4) is 5.75 Å². The molecule has 2 N–H and O–H groups in total. The van der Waals surface area contributed by atoms with Gasteiger partial charge in [-0.15, -0.1) is 0 Å². The monoisotopic (exact) mass is 467 g/mol. The van der Waals surface area contributed by atoms with Gasteiger partial charge in [0.1, 0.15) is 5.75 Å². The molecule has 0 amide bonds. The van der Waals surface area contributed by atoms with Crippen LogP contribution in [0, 0.1) is 0 Å². The number of anilines is 3. The molecular weight excluding hydrogens is 442 g/mol. The summed E-state index contributed by atoms with van der Waals surface area (Å²) >= 11 is 6.10. The van der Waals surface area contributed by atoms with Gasteiger partial charge < -0.3 is 25.0 Å². The maximum Gasteiger partial charge on any atom is 0.339 e. The molecule has 33 heavy (non-hydrogen) atoms. The number of benzene rings is 2. The summed E-state index contributed by atoms with van der Waals surface area (Å²) in [5.41, 5.74) is 3.29. The van der Waals surface area contributed by atoms with E-state index in [1.54, 1.807) is 12.1 Å². The fourth-order valence-electron chi connectivity index (χ4n) is 3.75. The molecule has 1 aliphatic heterocycles. The van der Waals surface area contributed by atoms with E-state index in [4.69, 9.17) is 16.3 Å². The molecule has 0 radical (unpaired) electrons. The van der Waals surface area contributed by atoms with E-state index in [9.17, 15) is 9.90 Å². The number of piperazine rings is 1. The van der Waals surface area contributed by atoms with Crippen molar-refractivity contribution in [3.63, 3.8) is 0 Å². The summed E-state index contributed by atoms with van der Waals surface area (Å²) in [6.07, 6.45) is 1.63. The van der Waals surface area contributed by atoms with Crippen LogP contribution in [-0.4, -0.2) is 66.3 Å². The maximum absolute atomic E-state index is 11.7. The van der Waals surface area contributed by atoms with E-state index in [2.05, 4.69) is 44.3 Å². The van der Waals surface area contributed by atoms with E-state index in [1.165, 1.54) is 19.0 Å². The average Bonchev–Trinajstić information content (AvgIpc) is 2.81. The molecule has 0 spiro atoms. The number of hydrogen-bond donors (Lipinski definition) is 2. The molecule has 2 heterocycles. The Morgan fingerprint density at radius 1 is 1.15 bits per heavy atom. The molecule has 2 aromatic carbocycles. The topological polar surface area (TPSA) is 90.8 Å². The highest BCUT2D eigenvalue weighted by atomic mass is 35.5. The zero-order valence-corrected chi connectivity index (χ0v) is 19.3. The number of aromatic nitrogens is 2. The lowest BCUT2D eigenvalue weighted by Gasteiger charge is -2.34. The van der Waals surface area contributed by atoms with E-state index >= 15 is 0 Å². The Bertz CT molecular complexity index is 1130. The van der Waals surface area contributed by atoms with Gasteiger partial charge in [0.25, 0.3) is 0 Å². The standard InChI is InChI=1S/C24H26ClN5O3/c1-29-9-11-30(12-10-29)18-6-4-17(5-7-18)27-24-26-15-19(23(31)32)21(28-24)13-16-3-8-20(25)22(14-16)33-2/h3-8,14-15H,9-13H2,1-2H3,(H,31,32)(H,26,27,28). The lowest BCUT2D eigenvalue weighted by atomic mass is 10.1. The van der Waals surface area contributed by atoms with Gasteiger partial charge >= 0.3 is 5.97 Å². The molecule has 9 heteroatoms. The Labute approximate surface area is 197 Å². The third-order valence-corrected chi connectivity index (χ3v) is 5.99. The Morgan fingerprint density at radius 2 is 1.88 bits per heavy atom. The zero-order valence-electron chi connectivity index (χ0n) is 18.6. The first-order valence-corrected chi connectivity index (χ1v) is 11.0. The predicted molar refractivity (Wildman–Crippen MR) is 129 cm³/mol. The second-order valence-electron chi connectivity index (χ2n) is 7.97. The van der Waals surface area contributed by atoms with Crippen molar-refractivity contribution in [1.82, 2.24) is 14.9 Å². The summed E-state index contributed by atoms with van der Waals surface area (Å²) in [6.45, 7) is 4.10. The minimum Gasteiger partial charge on any atom is -0.495 e. The molecule has 0 saturated carbocycles. The molecule has 0 unspecified atom stereocenters. The van der Waals surface area contributed by atoms with Gasteiger partial charge in [-0.05, 0) is 49.0 Å². The summed E-state index contributed by atoms with van der Waals surface area (Å²) in [5.74, 6) is -0.212. The molecule has 1 aromatic heterocycles. The highest BCUT2D eigenvalue weighted by molar-refractivity contribution is 6.32. The molecule has 3 aromatic rings. The Hall–Kier alpha value is -3.36. The van der Waals surface area contributed by atoms with Gasteiger partial charge in [0.05, 0.1) is 23.4 Å². The first kappa shape index (κ1) is 22.8. The first-order chi connectivity index (χ1) is 15.9. The van der Waals surface area contributed by atoms with E-state index in [0.717, 1.165) is 37.4 Å². The minimum atomic E-state index is -1.07. The van der Waals surface area contributed by atoms with Crippen molar-refractivity contribution in [2.24, 2.45) is 0 Å². The second-order valence-corrected chi connectivity index (χ2v) is 8.37. The van der Waals surface area contributed by atoms with Crippen LogP contribution in [0.1, 0.15) is 21.6 Å². The van der Waals surface area contributed by atoms with E-state index in [1.807, 2.05) is 18.2 Å². The number of nitrogens with one attached hydrogen (secondary N) is 1. The second kappa shape index (κ2) is 10.1. The number of carboxylic acids is 1. The Balaban J connectivity index is 1.52. The summed E-state index contributed by atoms with van der Waals surface area (Å²) in [7, 11) is 3.67. The average molecular weight is 468 g/mol. The van der Waals surface area contributed by atoms with Crippen LogP contribution in [0.25, 0.3) is 0 Å². The van der Waals surface area contributed by atoms with Crippen LogP contribution in [0.2, 0.25) is 5.02 Å². The molecule has 1 aliphatic rings. The largest absolute Gasteiger partial charge is 0.495 e. The van der Waals surface area contributed by atoms with Crippen molar-refractivity contribution in [1.29, 1.82) is 0 Å². The molecule has 0 aliphatic carbocycles. The summed E-state index contributed by atoms with van der Waals surface area (Å²) in [6, 6.07) is 13.4. The summed E-state index contributed by atoms with van der Waals surface area (Å²) in [4.78, 5) is 25.1. The van der Waals surface area contributed by atoms with Crippen molar-refractivity contribution in [3.05, 3.63) is 70.5 Å². The molecule has 8 nitrogen and oxygen atoms in total. The maximum atomic E-state index is 11.7. The van der Waals surface area contributed by atoms with Crippen LogP contribution in [0.5, 0.6) is 5.75 Å². The number of hydrogen-bond acceptors (Lipinski definition) is 7. The van der Waals surface area contributed by atoms with Crippen molar-refractivity contribution < 1.29 is 14.6 Å². The predicted octanol–water partition coefficient (Wildman–Crippen LogP) is 3.92. The number of methoxy groups -OCH3 is 1. The van der Waals surface area contributed by atoms with Crippen LogP contribution < -0.4 is 15.0 Å². The zero-order chi connectivity index (χ0) is 23.4. The van der Waals surface area contributed by atoms with Gasteiger partial charge in [-0.1, -0.05) is 17.7 Å². The molecule has 0 atom stereocenters. The number of rotatable bonds is 7. The normalized spacial score (nSPS) is 14.2. The van der Waals surface area contributed by atoms with Crippen LogP contribution in [-0.2, 0) is 6.42 Å². The van der Waals surface area contributed by atoms with Crippen molar-refractivity contribution in [2.45, 2.75) is 6.42 Å². The first-order valence-electron chi connectivity index (χ1n) is 10.6. The third-order valence-electron chi connectivity index (χ3n) is 5.68. The van der Waals surface area contributed by atoms with Crippen LogP contribution in [0.15, 0.2) is 48.7 Å². The third kappa shape index (κ3) is 5.53. The molecular formula is C24H26ClN5O3. The van der Waals surface area contributed by atoms with Crippen molar-refractivity contribution in [2.75, 3.05) is 50.6 Å². The lowest BCUT2D eigenvalue weighted by Crippen LogP contribution is -2.44.